The fourth-order valence-electron chi connectivity index (χ4n) is 1.16. The van der Waals surface area contributed by atoms with Crippen molar-refractivity contribution in [3.05, 3.63) is 11.9 Å². The SMILES string of the molecule is CNCCN(C)S(=O)(=O)c1cn[nH]c1C.Cl. The van der Waals surface area contributed by atoms with Gasteiger partial charge in [-0.05, 0) is 14.0 Å². The van der Waals surface area contributed by atoms with Crippen molar-refractivity contribution in [2.45, 2.75) is 11.8 Å². The average Bonchev–Trinajstić information content (AvgIpc) is 2.61. The first-order chi connectivity index (χ1) is 7.00. The molecule has 0 bridgehead atoms. The van der Waals surface area contributed by atoms with Crippen molar-refractivity contribution in [2.24, 2.45) is 0 Å². The zero-order valence-electron chi connectivity index (χ0n) is 9.52. The number of aromatic nitrogens is 2. The van der Waals surface area contributed by atoms with Crippen LogP contribution in [0.2, 0.25) is 0 Å². The predicted molar refractivity (Wildman–Crippen MR) is 64.3 cm³/mol. The van der Waals surface area contributed by atoms with Crippen molar-refractivity contribution >= 4 is 22.4 Å². The van der Waals surface area contributed by atoms with Crippen LogP contribution in [-0.4, -0.2) is 50.1 Å². The number of hydrogen-bond acceptors (Lipinski definition) is 4. The molecule has 1 heterocycles. The number of nitrogens with one attached hydrogen (secondary N) is 2. The first kappa shape index (κ1) is 15.4. The second-order valence-electron chi connectivity index (χ2n) is 3.29. The summed E-state index contributed by atoms with van der Waals surface area (Å²) in [6.07, 6.45) is 1.33. The van der Waals surface area contributed by atoms with E-state index in [2.05, 4.69) is 15.5 Å². The maximum atomic E-state index is 12.0. The second-order valence-corrected chi connectivity index (χ2v) is 5.30. The summed E-state index contributed by atoms with van der Waals surface area (Å²) in [7, 11) is -0.0630. The predicted octanol–water partition coefficient (Wildman–Crippen LogP) is -0.0202. The molecule has 0 fully saturated rings. The van der Waals surface area contributed by atoms with Gasteiger partial charge in [-0.1, -0.05) is 0 Å². The Bertz CT molecular complexity index is 417. The Balaban J connectivity index is 0.00000225. The van der Waals surface area contributed by atoms with Crippen molar-refractivity contribution in [1.82, 2.24) is 19.8 Å². The van der Waals surface area contributed by atoms with Gasteiger partial charge in [0.1, 0.15) is 4.90 Å². The van der Waals surface area contributed by atoms with Gasteiger partial charge in [0.2, 0.25) is 10.0 Å². The van der Waals surface area contributed by atoms with Crippen LogP contribution in [0.25, 0.3) is 0 Å². The number of sulfonamides is 1. The Labute approximate surface area is 102 Å². The molecule has 1 rings (SSSR count). The molecule has 0 aliphatic heterocycles. The summed E-state index contributed by atoms with van der Waals surface area (Å²) in [5.41, 5.74) is 0.561. The second kappa shape index (κ2) is 6.19. The topological polar surface area (TPSA) is 78.1 Å². The molecule has 0 aliphatic rings. The summed E-state index contributed by atoms with van der Waals surface area (Å²) >= 11 is 0. The van der Waals surface area contributed by atoms with Crippen LogP contribution >= 0.6 is 12.4 Å². The third-order valence-corrected chi connectivity index (χ3v) is 4.12. The highest BCUT2D eigenvalue weighted by atomic mass is 35.5. The first-order valence-corrected chi connectivity index (χ1v) is 6.05. The zero-order valence-corrected chi connectivity index (χ0v) is 11.2. The molecule has 0 atom stereocenters. The van der Waals surface area contributed by atoms with E-state index in [9.17, 15) is 8.42 Å². The van der Waals surface area contributed by atoms with E-state index in [1.54, 1.807) is 21.0 Å². The van der Waals surface area contributed by atoms with Crippen molar-refractivity contribution in [2.75, 3.05) is 27.2 Å². The van der Waals surface area contributed by atoms with Crippen molar-refractivity contribution in [3.63, 3.8) is 0 Å². The molecule has 1 aromatic rings. The average molecular weight is 269 g/mol. The van der Waals surface area contributed by atoms with Crippen LogP contribution in [0.1, 0.15) is 5.69 Å². The highest BCUT2D eigenvalue weighted by Crippen LogP contribution is 2.15. The van der Waals surface area contributed by atoms with Crippen LogP contribution < -0.4 is 5.32 Å². The molecule has 1 aromatic heterocycles. The van der Waals surface area contributed by atoms with Crippen LogP contribution in [0.4, 0.5) is 0 Å². The number of H-pyrrole nitrogens is 1. The van der Waals surface area contributed by atoms with Gasteiger partial charge in [-0.15, -0.1) is 12.4 Å². The van der Waals surface area contributed by atoms with E-state index < -0.39 is 10.0 Å². The van der Waals surface area contributed by atoms with E-state index in [1.807, 2.05) is 0 Å². The van der Waals surface area contributed by atoms with Crippen LogP contribution in [0, 0.1) is 6.92 Å². The molecule has 0 radical (unpaired) electrons. The fraction of sp³-hybridized carbons (Fsp3) is 0.625. The molecule has 2 N–H and O–H groups in total. The monoisotopic (exact) mass is 268 g/mol. The van der Waals surface area contributed by atoms with Gasteiger partial charge in [0, 0.05) is 20.1 Å². The third kappa shape index (κ3) is 3.18. The molecule has 6 nitrogen and oxygen atoms in total. The molecule has 8 heteroatoms. The molecule has 0 unspecified atom stereocenters. The number of aryl methyl sites for hydroxylation is 1. The Morgan fingerprint density at radius 1 is 1.56 bits per heavy atom. The highest BCUT2D eigenvalue weighted by Gasteiger charge is 2.23. The number of likely N-dealkylation sites (N-methyl/N-ethyl adjacent to an activating group) is 2. The minimum Gasteiger partial charge on any atom is -0.318 e. The Morgan fingerprint density at radius 2 is 2.19 bits per heavy atom. The first-order valence-electron chi connectivity index (χ1n) is 4.61. The fourth-order valence-corrected chi connectivity index (χ4v) is 2.44. The summed E-state index contributed by atoms with van der Waals surface area (Å²) in [6.45, 7) is 2.74. The summed E-state index contributed by atoms with van der Waals surface area (Å²) in [5.74, 6) is 0. The summed E-state index contributed by atoms with van der Waals surface area (Å²) in [6, 6.07) is 0. The van der Waals surface area contributed by atoms with E-state index in [1.165, 1.54) is 10.5 Å². The quantitative estimate of drug-likeness (QED) is 0.787. The highest BCUT2D eigenvalue weighted by molar-refractivity contribution is 7.89. The van der Waals surface area contributed by atoms with Gasteiger partial charge in [0.25, 0.3) is 0 Å². The van der Waals surface area contributed by atoms with Crippen LogP contribution in [0.15, 0.2) is 11.1 Å². The lowest BCUT2D eigenvalue weighted by molar-refractivity contribution is 0.465. The van der Waals surface area contributed by atoms with Gasteiger partial charge in [0.15, 0.2) is 0 Å². The molecular weight excluding hydrogens is 252 g/mol. The maximum absolute atomic E-state index is 12.0. The normalized spacial score (nSPS) is 11.5. The maximum Gasteiger partial charge on any atom is 0.246 e. The van der Waals surface area contributed by atoms with Gasteiger partial charge in [-0.25, -0.2) is 8.42 Å². The molecule has 0 aliphatic carbocycles. The molecule has 94 valence electrons. The minimum absolute atomic E-state index is 0. The molecule has 0 amide bonds. The number of rotatable bonds is 5. The summed E-state index contributed by atoms with van der Waals surface area (Å²) in [4.78, 5) is 0.237. The lowest BCUT2D eigenvalue weighted by Gasteiger charge is -2.16. The smallest absolute Gasteiger partial charge is 0.246 e. The number of halogens is 1. The third-order valence-electron chi connectivity index (χ3n) is 2.15. The Morgan fingerprint density at radius 3 is 2.62 bits per heavy atom. The van der Waals surface area contributed by atoms with E-state index in [-0.39, 0.29) is 17.3 Å². The zero-order chi connectivity index (χ0) is 11.5. The van der Waals surface area contributed by atoms with Gasteiger partial charge in [0.05, 0.1) is 11.9 Å². The lowest BCUT2D eigenvalue weighted by atomic mass is 10.5. The van der Waals surface area contributed by atoms with E-state index >= 15 is 0 Å². The molecule has 0 aromatic carbocycles. The lowest BCUT2D eigenvalue weighted by Crippen LogP contribution is -2.33. The number of nitrogens with zero attached hydrogens (tertiary/aromatic N) is 2. The number of aromatic amines is 1. The summed E-state index contributed by atoms with van der Waals surface area (Å²) < 4.78 is 25.2. The molecule has 0 spiro atoms. The van der Waals surface area contributed by atoms with Gasteiger partial charge in [-0.2, -0.15) is 9.40 Å². The van der Waals surface area contributed by atoms with Gasteiger partial charge >= 0.3 is 0 Å². The van der Waals surface area contributed by atoms with Crippen LogP contribution in [0.5, 0.6) is 0 Å². The van der Waals surface area contributed by atoms with Crippen molar-refractivity contribution in [3.8, 4) is 0 Å². The Kier molecular flexibility index (Phi) is 5.95. The standard InChI is InChI=1S/C8H16N4O2S.ClH/c1-7-8(6-10-11-7)15(13,14)12(3)5-4-9-2;/h6,9H,4-5H2,1-3H3,(H,10,11);1H. The van der Waals surface area contributed by atoms with E-state index in [0.29, 0.717) is 18.8 Å². The molecule has 0 saturated carbocycles. The number of hydrogen-bond donors (Lipinski definition) is 2. The van der Waals surface area contributed by atoms with E-state index in [4.69, 9.17) is 0 Å². The van der Waals surface area contributed by atoms with Gasteiger partial charge < -0.3 is 5.32 Å². The Hall–Kier alpha value is -0.630. The summed E-state index contributed by atoms with van der Waals surface area (Å²) in [5, 5.41) is 9.22. The molecule has 16 heavy (non-hydrogen) atoms. The van der Waals surface area contributed by atoms with E-state index in [0.717, 1.165) is 0 Å². The van der Waals surface area contributed by atoms with Crippen LogP contribution in [-0.2, 0) is 10.0 Å². The minimum atomic E-state index is -3.40. The van der Waals surface area contributed by atoms with Crippen LogP contribution in [0.3, 0.4) is 0 Å². The largest absolute Gasteiger partial charge is 0.318 e. The molecular formula is C8H17ClN4O2S. The molecule has 0 saturated heterocycles. The van der Waals surface area contributed by atoms with Gasteiger partial charge in [-0.3, -0.25) is 5.10 Å². The van der Waals surface area contributed by atoms with Crippen molar-refractivity contribution in [1.29, 1.82) is 0 Å². The van der Waals surface area contributed by atoms with Crippen molar-refractivity contribution < 1.29 is 8.42 Å².